The quantitative estimate of drug-likeness (QED) is 0.266. The van der Waals surface area contributed by atoms with Crippen LogP contribution in [0.15, 0.2) is 34.6 Å². The van der Waals surface area contributed by atoms with E-state index in [1.54, 1.807) is 18.4 Å². The molecule has 0 aliphatic rings. The molecule has 0 radical (unpaired) electrons. The van der Waals surface area contributed by atoms with Crippen molar-refractivity contribution >= 4 is 41.3 Å². The monoisotopic (exact) mass is 474 g/mol. The molecular weight excluding hydrogens is 447 g/mol. The first-order valence-corrected chi connectivity index (χ1v) is 9.10. The van der Waals surface area contributed by atoms with Gasteiger partial charge in [0.25, 0.3) is 0 Å². The zero-order chi connectivity index (χ0) is 17.2. The number of aliphatic imine (C=N–C) groups is 1. The molecule has 0 spiro atoms. The van der Waals surface area contributed by atoms with Gasteiger partial charge in [-0.3, -0.25) is 4.99 Å². The fourth-order valence-corrected chi connectivity index (χ4v) is 2.80. The van der Waals surface area contributed by atoms with E-state index in [1.807, 2.05) is 19.1 Å². The van der Waals surface area contributed by atoms with Crippen LogP contribution in [-0.2, 0) is 6.42 Å². The molecule has 0 bridgehead atoms. The van der Waals surface area contributed by atoms with Crippen molar-refractivity contribution in [2.75, 3.05) is 26.7 Å². The molecule has 7 heteroatoms. The number of benzene rings is 1. The smallest absolute Gasteiger partial charge is 0.190 e. The number of halogens is 1. The summed E-state index contributed by atoms with van der Waals surface area (Å²) >= 11 is 1.69. The molecule has 5 nitrogen and oxygen atoms in total. The van der Waals surface area contributed by atoms with Crippen molar-refractivity contribution in [1.29, 1.82) is 0 Å². The fourth-order valence-electron chi connectivity index (χ4n) is 2.16. The highest BCUT2D eigenvalue weighted by molar-refractivity contribution is 14.0. The minimum Gasteiger partial charge on any atom is -0.494 e. The molecule has 0 saturated carbocycles. The van der Waals surface area contributed by atoms with Gasteiger partial charge in [0, 0.05) is 31.9 Å². The highest BCUT2D eigenvalue weighted by atomic mass is 127. The summed E-state index contributed by atoms with van der Waals surface area (Å²) in [5, 5.41) is 9.82. The number of nitrogens with zero attached hydrogens (tertiary/aromatic N) is 2. The van der Waals surface area contributed by atoms with Gasteiger partial charge in [0.2, 0.25) is 0 Å². The first-order valence-electron chi connectivity index (χ1n) is 8.22. The van der Waals surface area contributed by atoms with Gasteiger partial charge in [0.1, 0.15) is 5.75 Å². The summed E-state index contributed by atoms with van der Waals surface area (Å²) in [6, 6.07) is 8.12. The molecule has 0 saturated heterocycles. The predicted octanol–water partition coefficient (Wildman–Crippen LogP) is 3.55. The summed E-state index contributed by atoms with van der Waals surface area (Å²) in [6.45, 7) is 6.43. The minimum atomic E-state index is 0. The van der Waals surface area contributed by atoms with E-state index in [1.165, 1.54) is 5.56 Å². The maximum absolute atomic E-state index is 5.71. The first kappa shape index (κ1) is 21.7. The number of hydrogen-bond acceptors (Lipinski definition) is 4. The molecule has 0 unspecified atom stereocenters. The van der Waals surface area contributed by atoms with Crippen LogP contribution in [0.2, 0.25) is 0 Å². The fraction of sp³-hybridized carbons (Fsp3) is 0.444. The summed E-state index contributed by atoms with van der Waals surface area (Å²) in [4.78, 5) is 8.68. The maximum Gasteiger partial charge on any atom is 0.190 e. The predicted molar refractivity (Wildman–Crippen MR) is 117 cm³/mol. The molecule has 0 aliphatic carbocycles. The molecular formula is C18H27IN4OS. The average molecular weight is 474 g/mol. The first-order chi connectivity index (χ1) is 11.7. The van der Waals surface area contributed by atoms with Crippen LogP contribution >= 0.6 is 35.3 Å². The maximum atomic E-state index is 5.71. The summed E-state index contributed by atoms with van der Waals surface area (Å²) in [7, 11) is 1.78. The molecule has 0 fully saturated rings. The van der Waals surface area contributed by atoms with E-state index in [0.29, 0.717) is 6.61 Å². The Balaban J connectivity index is 0.00000312. The van der Waals surface area contributed by atoms with E-state index in [4.69, 9.17) is 4.74 Å². The number of nitrogens with one attached hydrogen (secondary N) is 2. The molecule has 138 valence electrons. The number of rotatable bonds is 8. The van der Waals surface area contributed by atoms with E-state index in [9.17, 15) is 0 Å². The zero-order valence-electron chi connectivity index (χ0n) is 15.0. The van der Waals surface area contributed by atoms with Crippen molar-refractivity contribution < 1.29 is 4.74 Å². The van der Waals surface area contributed by atoms with Gasteiger partial charge in [-0.2, -0.15) is 0 Å². The second kappa shape index (κ2) is 12.1. The molecule has 2 aromatic rings. The lowest BCUT2D eigenvalue weighted by Crippen LogP contribution is -2.39. The molecule has 2 N–H and O–H groups in total. The van der Waals surface area contributed by atoms with E-state index in [-0.39, 0.29) is 24.0 Å². The normalized spacial score (nSPS) is 10.9. The van der Waals surface area contributed by atoms with Crippen molar-refractivity contribution in [3.63, 3.8) is 0 Å². The Labute approximate surface area is 171 Å². The third-order valence-electron chi connectivity index (χ3n) is 3.47. The summed E-state index contributed by atoms with van der Waals surface area (Å²) < 4.78 is 5.71. The van der Waals surface area contributed by atoms with Crippen molar-refractivity contribution in [3.05, 3.63) is 45.9 Å². The Hall–Kier alpha value is -1.35. The van der Waals surface area contributed by atoms with E-state index >= 15 is 0 Å². The van der Waals surface area contributed by atoms with Crippen LogP contribution in [0.3, 0.4) is 0 Å². The van der Waals surface area contributed by atoms with Gasteiger partial charge in [0.15, 0.2) is 5.96 Å². The highest BCUT2D eigenvalue weighted by Crippen LogP contribution is 2.11. The Morgan fingerprint density at radius 1 is 1.16 bits per heavy atom. The lowest BCUT2D eigenvalue weighted by molar-refractivity contribution is 0.311. The molecule has 1 heterocycles. The molecule has 1 aromatic carbocycles. The number of ether oxygens (including phenoxy) is 1. The van der Waals surface area contributed by atoms with Crippen molar-refractivity contribution in [2.45, 2.75) is 26.7 Å². The minimum absolute atomic E-state index is 0. The SMILES string of the molecule is CN=C(NCCCOc1ccc(C)cc1)NCCc1csc(C)n1.I. The van der Waals surface area contributed by atoms with Gasteiger partial charge >= 0.3 is 0 Å². The molecule has 0 atom stereocenters. The Morgan fingerprint density at radius 3 is 2.52 bits per heavy atom. The Bertz CT molecular complexity index is 643. The Kier molecular flexibility index (Phi) is 10.5. The lowest BCUT2D eigenvalue weighted by atomic mass is 10.2. The topological polar surface area (TPSA) is 58.5 Å². The second-order valence-corrected chi connectivity index (χ2v) is 6.61. The lowest BCUT2D eigenvalue weighted by Gasteiger charge is -2.12. The second-order valence-electron chi connectivity index (χ2n) is 5.55. The van der Waals surface area contributed by atoms with Crippen LogP contribution in [0.4, 0.5) is 0 Å². The highest BCUT2D eigenvalue weighted by Gasteiger charge is 2.00. The summed E-state index contributed by atoms with van der Waals surface area (Å²) in [5.74, 6) is 1.74. The van der Waals surface area contributed by atoms with Crippen LogP contribution in [-0.4, -0.2) is 37.7 Å². The van der Waals surface area contributed by atoms with Gasteiger partial charge in [-0.25, -0.2) is 4.98 Å². The number of thiazole rings is 1. The summed E-state index contributed by atoms with van der Waals surface area (Å²) in [5.41, 5.74) is 2.37. The van der Waals surface area contributed by atoms with Crippen LogP contribution in [0, 0.1) is 13.8 Å². The summed E-state index contributed by atoms with van der Waals surface area (Å²) in [6.07, 6.45) is 1.82. The average Bonchev–Trinajstić information content (AvgIpc) is 3.00. The number of guanidine groups is 1. The van der Waals surface area contributed by atoms with Gasteiger partial charge in [-0.05, 0) is 32.4 Å². The third kappa shape index (κ3) is 8.53. The van der Waals surface area contributed by atoms with Crippen LogP contribution in [0.5, 0.6) is 5.75 Å². The van der Waals surface area contributed by atoms with Crippen molar-refractivity contribution in [1.82, 2.24) is 15.6 Å². The standard InChI is InChI=1S/C18H26N4OS.HI/c1-14-5-7-17(8-6-14)23-12-4-10-20-18(19-3)21-11-9-16-13-24-15(2)22-16;/h5-8,13H,4,9-12H2,1-3H3,(H2,19,20,21);1H. The van der Waals surface area contributed by atoms with Crippen LogP contribution in [0.1, 0.15) is 22.7 Å². The molecule has 0 aliphatic heterocycles. The van der Waals surface area contributed by atoms with E-state index < -0.39 is 0 Å². The number of aromatic nitrogens is 1. The number of aryl methyl sites for hydroxylation is 2. The van der Waals surface area contributed by atoms with Crippen molar-refractivity contribution in [2.24, 2.45) is 4.99 Å². The van der Waals surface area contributed by atoms with Gasteiger partial charge in [0.05, 0.1) is 17.3 Å². The third-order valence-corrected chi connectivity index (χ3v) is 4.29. The molecule has 25 heavy (non-hydrogen) atoms. The number of hydrogen-bond donors (Lipinski definition) is 2. The van der Waals surface area contributed by atoms with E-state index in [0.717, 1.165) is 48.3 Å². The van der Waals surface area contributed by atoms with Gasteiger partial charge in [-0.1, -0.05) is 17.7 Å². The molecule has 1 aromatic heterocycles. The van der Waals surface area contributed by atoms with Crippen molar-refractivity contribution in [3.8, 4) is 5.75 Å². The van der Waals surface area contributed by atoms with Gasteiger partial charge in [-0.15, -0.1) is 35.3 Å². The zero-order valence-corrected chi connectivity index (χ0v) is 18.2. The largest absolute Gasteiger partial charge is 0.494 e. The van der Waals surface area contributed by atoms with E-state index in [2.05, 4.69) is 45.0 Å². The Morgan fingerprint density at radius 2 is 1.88 bits per heavy atom. The van der Waals surface area contributed by atoms with Gasteiger partial charge < -0.3 is 15.4 Å². The van der Waals surface area contributed by atoms with Crippen LogP contribution in [0.25, 0.3) is 0 Å². The molecule has 2 rings (SSSR count). The molecule has 0 amide bonds. The van der Waals surface area contributed by atoms with Crippen LogP contribution < -0.4 is 15.4 Å².